The molecule has 0 unspecified atom stereocenters. The number of aliphatic imine (C=N–C) groups is 2. The number of halogens is 2. The van der Waals surface area contributed by atoms with Gasteiger partial charge in [-0.15, -0.1) is 0 Å². The van der Waals surface area contributed by atoms with Gasteiger partial charge in [-0.2, -0.15) is 9.98 Å². The highest BCUT2D eigenvalue weighted by Crippen LogP contribution is 2.48. The van der Waals surface area contributed by atoms with E-state index >= 15 is 0 Å². The summed E-state index contributed by atoms with van der Waals surface area (Å²) in [5.74, 6) is 0. The summed E-state index contributed by atoms with van der Waals surface area (Å²) in [6, 6.07) is 7.35. The topological polar surface area (TPSA) is 74.7 Å². The van der Waals surface area contributed by atoms with Crippen LogP contribution in [0.3, 0.4) is 0 Å². The predicted molar refractivity (Wildman–Crippen MR) is 81.4 cm³/mol. The highest BCUT2D eigenvalue weighted by Gasteiger charge is 2.20. The normalized spacial score (nSPS) is 10.4. The first-order valence-corrected chi connectivity index (χ1v) is 6.51. The number of nitrogens with one attached hydrogen (secondary N) is 1. The van der Waals surface area contributed by atoms with Crippen molar-refractivity contribution >= 4 is 68.5 Å². The minimum Gasteiger partial charge on any atom is -0.353 e. The number of para-hydroxylation sites is 1. The van der Waals surface area contributed by atoms with Crippen LogP contribution in [0.5, 0.6) is 0 Å². The zero-order chi connectivity index (χ0) is 15.0. The molecule has 0 saturated heterocycles. The zero-order valence-corrected chi connectivity index (χ0v) is 11.8. The molecule has 0 aliphatic rings. The number of H-pyrrole nitrogens is 1. The van der Waals surface area contributed by atoms with E-state index in [1.165, 1.54) is 12.2 Å². The van der Waals surface area contributed by atoms with Crippen molar-refractivity contribution in [2.75, 3.05) is 0 Å². The Labute approximate surface area is 127 Å². The molecule has 5 nitrogen and oxygen atoms in total. The summed E-state index contributed by atoms with van der Waals surface area (Å²) in [7, 11) is 0. The molecule has 3 aromatic rings. The van der Waals surface area contributed by atoms with Gasteiger partial charge in [0.15, 0.2) is 0 Å². The van der Waals surface area contributed by atoms with Gasteiger partial charge in [0.2, 0.25) is 12.2 Å². The summed E-state index contributed by atoms with van der Waals surface area (Å²) in [6.07, 6.45) is 2.83. The molecule has 102 valence electrons. The molecule has 0 bridgehead atoms. The van der Waals surface area contributed by atoms with Crippen molar-refractivity contribution in [1.29, 1.82) is 0 Å². The fraction of sp³-hybridized carbons (Fsp3) is 0. The molecule has 1 heterocycles. The first-order chi connectivity index (χ1) is 10.2. The highest BCUT2D eigenvalue weighted by molar-refractivity contribution is 6.48. The van der Waals surface area contributed by atoms with E-state index in [1.807, 2.05) is 24.3 Å². The van der Waals surface area contributed by atoms with Gasteiger partial charge in [-0.05, 0) is 6.07 Å². The number of nitrogens with zero attached hydrogens (tertiary/aromatic N) is 2. The molecule has 1 aromatic heterocycles. The molecule has 2 aromatic carbocycles. The van der Waals surface area contributed by atoms with Crippen LogP contribution in [0.2, 0.25) is 10.0 Å². The van der Waals surface area contributed by atoms with Crippen LogP contribution >= 0.6 is 23.2 Å². The maximum atomic E-state index is 10.7. The van der Waals surface area contributed by atoms with Crippen LogP contribution in [0, 0.1) is 0 Å². The van der Waals surface area contributed by atoms with E-state index < -0.39 is 0 Å². The fourth-order valence-corrected chi connectivity index (χ4v) is 2.75. The summed E-state index contributed by atoms with van der Waals surface area (Å²) in [5, 5.41) is 1.55. The Balaban J connectivity index is 2.68. The Hall–Kier alpha value is -2.42. The van der Waals surface area contributed by atoms with Gasteiger partial charge in [-0.1, -0.05) is 41.4 Å². The minimum atomic E-state index is -0.00253. The summed E-state index contributed by atoms with van der Waals surface area (Å²) in [6.45, 7) is 0. The maximum Gasteiger partial charge on any atom is 0.240 e. The van der Waals surface area contributed by atoms with Gasteiger partial charge >= 0.3 is 0 Å². The van der Waals surface area contributed by atoms with Crippen molar-refractivity contribution in [3.05, 3.63) is 34.3 Å². The number of aromatic amines is 1. The lowest BCUT2D eigenvalue weighted by Crippen LogP contribution is -1.79. The summed E-state index contributed by atoms with van der Waals surface area (Å²) >= 11 is 12.3. The zero-order valence-electron chi connectivity index (χ0n) is 10.3. The molecule has 0 amide bonds. The smallest absolute Gasteiger partial charge is 0.240 e. The van der Waals surface area contributed by atoms with Gasteiger partial charge in [0.05, 0.1) is 15.6 Å². The van der Waals surface area contributed by atoms with Crippen LogP contribution in [-0.4, -0.2) is 17.1 Å². The maximum absolute atomic E-state index is 10.7. The molecule has 0 aliphatic carbocycles. The van der Waals surface area contributed by atoms with Crippen molar-refractivity contribution in [3.8, 4) is 0 Å². The second-order valence-electron chi connectivity index (χ2n) is 4.15. The van der Waals surface area contributed by atoms with Gasteiger partial charge in [-0.25, -0.2) is 9.59 Å². The lowest BCUT2D eigenvalue weighted by molar-refractivity contribution is 0.564. The molecular weight excluding hydrogens is 313 g/mol. The second-order valence-corrected chi connectivity index (χ2v) is 4.91. The van der Waals surface area contributed by atoms with Crippen molar-refractivity contribution in [2.24, 2.45) is 9.98 Å². The first-order valence-electron chi connectivity index (χ1n) is 5.76. The number of hydrogen-bond donors (Lipinski definition) is 1. The molecule has 1 N–H and O–H groups in total. The largest absolute Gasteiger partial charge is 0.353 e. The quantitative estimate of drug-likeness (QED) is 0.555. The van der Waals surface area contributed by atoms with Crippen LogP contribution in [0.15, 0.2) is 34.3 Å². The lowest BCUT2D eigenvalue weighted by atomic mass is 10.1. The molecule has 7 heteroatoms. The number of rotatable bonds is 2. The molecule has 0 fully saturated rings. The van der Waals surface area contributed by atoms with Crippen molar-refractivity contribution in [3.63, 3.8) is 0 Å². The molecule has 0 saturated carbocycles. The standard InChI is InChI=1S/C14H5Cl2N3O2/c15-10-11(16)14(18-6-21)13(17-5-20)9-7-3-1-2-4-8(7)19-12(9)10/h1-4,19H. The molecule has 0 atom stereocenters. The number of benzene rings is 2. The summed E-state index contributed by atoms with van der Waals surface area (Å²) in [4.78, 5) is 31.6. The van der Waals surface area contributed by atoms with Gasteiger partial charge in [0.25, 0.3) is 0 Å². The van der Waals surface area contributed by atoms with Crippen LogP contribution in [0.1, 0.15) is 0 Å². The SMILES string of the molecule is O=C=Nc1c(Cl)c(Cl)c2[nH]c3ccccc3c2c1N=C=O. The fourth-order valence-electron chi connectivity index (χ4n) is 2.29. The van der Waals surface area contributed by atoms with Crippen LogP contribution in [0.25, 0.3) is 21.8 Å². The predicted octanol–water partition coefficient (Wildman–Crippen LogP) is 4.56. The van der Waals surface area contributed by atoms with E-state index in [2.05, 4.69) is 15.0 Å². The van der Waals surface area contributed by atoms with E-state index in [-0.39, 0.29) is 21.4 Å². The number of carbonyl (C=O) groups excluding carboxylic acids is 2. The van der Waals surface area contributed by atoms with E-state index in [0.29, 0.717) is 10.9 Å². The average molecular weight is 318 g/mol. The molecule has 0 spiro atoms. The molecule has 3 rings (SSSR count). The monoisotopic (exact) mass is 317 g/mol. The molecule has 0 aliphatic heterocycles. The minimum absolute atomic E-state index is 0.00253. The van der Waals surface area contributed by atoms with E-state index in [9.17, 15) is 9.59 Å². The number of aromatic nitrogens is 1. The number of fused-ring (bicyclic) bond motifs is 3. The Morgan fingerprint density at radius 3 is 2.33 bits per heavy atom. The average Bonchev–Trinajstić information content (AvgIpc) is 2.88. The van der Waals surface area contributed by atoms with E-state index in [4.69, 9.17) is 23.2 Å². The van der Waals surface area contributed by atoms with Crippen molar-refractivity contribution in [1.82, 2.24) is 4.98 Å². The van der Waals surface area contributed by atoms with Crippen LogP contribution in [0.4, 0.5) is 11.4 Å². The van der Waals surface area contributed by atoms with Gasteiger partial charge in [0, 0.05) is 16.3 Å². The third-order valence-electron chi connectivity index (χ3n) is 3.10. The third-order valence-corrected chi connectivity index (χ3v) is 3.94. The molecular formula is C14H5Cl2N3O2. The number of isocyanates is 2. The van der Waals surface area contributed by atoms with E-state index in [0.717, 1.165) is 10.9 Å². The lowest BCUT2D eigenvalue weighted by Gasteiger charge is -2.05. The van der Waals surface area contributed by atoms with Gasteiger partial charge in [0.1, 0.15) is 11.4 Å². The van der Waals surface area contributed by atoms with Crippen molar-refractivity contribution in [2.45, 2.75) is 0 Å². The molecule has 21 heavy (non-hydrogen) atoms. The first kappa shape index (κ1) is 13.6. The van der Waals surface area contributed by atoms with Gasteiger partial charge < -0.3 is 4.98 Å². The Morgan fingerprint density at radius 1 is 0.952 bits per heavy atom. The summed E-state index contributed by atoms with van der Waals surface area (Å²) < 4.78 is 0. The Bertz CT molecular complexity index is 981. The van der Waals surface area contributed by atoms with Crippen molar-refractivity contribution < 1.29 is 9.59 Å². The third kappa shape index (κ3) is 1.97. The highest BCUT2D eigenvalue weighted by atomic mass is 35.5. The summed E-state index contributed by atoms with van der Waals surface area (Å²) in [5.41, 5.74) is 1.44. The van der Waals surface area contributed by atoms with Crippen LogP contribution in [-0.2, 0) is 9.59 Å². The Kier molecular flexibility index (Phi) is 3.34. The van der Waals surface area contributed by atoms with Gasteiger partial charge in [-0.3, -0.25) is 0 Å². The second kappa shape index (κ2) is 5.17. The number of hydrogen-bond acceptors (Lipinski definition) is 4. The van der Waals surface area contributed by atoms with E-state index in [1.54, 1.807) is 0 Å². The van der Waals surface area contributed by atoms with Crippen LogP contribution < -0.4 is 0 Å². The Morgan fingerprint density at radius 2 is 1.62 bits per heavy atom. The molecule has 0 radical (unpaired) electrons.